The van der Waals surface area contributed by atoms with Gasteiger partial charge in [0.15, 0.2) is 0 Å². The number of fused-ring (bicyclic) bond motifs is 1. The number of alkyl halides is 5. The lowest BCUT2D eigenvalue weighted by atomic mass is 9.81. The average molecular weight is 385 g/mol. The Kier molecular flexibility index (Phi) is 4.16. The number of hydrogen-bond donors (Lipinski definition) is 0. The number of hydrogen-bond acceptors (Lipinski definition) is 3. The van der Waals surface area contributed by atoms with Crippen LogP contribution in [0.4, 0.5) is 22.0 Å². The molecule has 0 unspecified atom stereocenters. The highest BCUT2D eigenvalue weighted by molar-refractivity contribution is 7.89. The molecule has 10 heteroatoms. The minimum atomic E-state index is -5.70. The highest BCUT2D eigenvalue weighted by atomic mass is 32.2. The zero-order valence-electron chi connectivity index (χ0n) is 13.2. The molecule has 1 aliphatic carbocycles. The fourth-order valence-electron chi connectivity index (χ4n) is 3.16. The molecule has 0 spiro atoms. The van der Waals surface area contributed by atoms with Crippen LogP contribution in [0.3, 0.4) is 0 Å². The minimum absolute atomic E-state index is 0.0569. The van der Waals surface area contributed by atoms with Crippen molar-refractivity contribution in [3.05, 3.63) is 29.8 Å². The van der Waals surface area contributed by atoms with Gasteiger partial charge in [-0.15, -0.1) is 0 Å². The predicted octanol–water partition coefficient (Wildman–Crippen LogP) is 3.11. The van der Waals surface area contributed by atoms with Gasteiger partial charge in [0.05, 0.1) is 10.5 Å². The van der Waals surface area contributed by atoms with Gasteiger partial charge in [-0.3, -0.25) is 0 Å². The Bertz CT molecular complexity index is 754. The minimum Gasteiger partial charge on any atom is -0.367 e. The quantitative estimate of drug-likeness (QED) is 0.732. The third-order valence-corrected chi connectivity index (χ3v) is 6.58. The summed E-state index contributed by atoms with van der Waals surface area (Å²) in [6.07, 6.45) is -5.46. The van der Waals surface area contributed by atoms with Crippen LogP contribution < -0.4 is 0 Å². The molecule has 1 aromatic carbocycles. The fourth-order valence-corrected chi connectivity index (χ4v) is 4.86. The van der Waals surface area contributed by atoms with Crippen molar-refractivity contribution in [1.82, 2.24) is 4.31 Å². The second kappa shape index (κ2) is 5.62. The van der Waals surface area contributed by atoms with Gasteiger partial charge in [0.1, 0.15) is 6.61 Å². The maximum Gasteiger partial charge on any atom is 0.455 e. The monoisotopic (exact) mass is 385 g/mol. The van der Waals surface area contributed by atoms with Crippen LogP contribution in [0.5, 0.6) is 0 Å². The van der Waals surface area contributed by atoms with Crippen LogP contribution in [0.25, 0.3) is 0 Å². The molecule has 140 valence electrons. The lowest BCUT2D eigenvalue weighted by Gasteiger charge is -2.37. The van der Waals surface area contributed by atoms with Gasteiger partial charge in [0, 0.05) is 12.6 Å². The Hall–Kier alpha value is -1.26. The summed E-state index contributed by atoms with van der Waals surface area (Å²) in [6, 6.07) is 5.69. The summed E-state index contributed by atoms with van der Waals surface area (Å²) in [5, 5.41) is 0. The summed E-state index contributed by atoms with van der Waals surface area (Å²) in [5.41, 5.74) is -0.393. The lowest BCUT2D eigenvalue weighted by molar-refractivity contribution is -0.306. The SMILES string of the molecule is Cc1ccc(S(=O)(=O)N2CC3(OCC(F)(F)C(F)(F)F)CC2C3)cc1. The van der Waals surface area contributed by atoms with Crippen molar-refractivity contribution in [2.45, 2.75) is 48.4 Å². The molecular weight excluding hydrogens is 369 g/mol. The molecule has 25 heavy (non-hydrogen) atoms. The van der Waals surface area contributed by atoms with Crippen LogP contribution in [-0.2, 0) is 14.8 Å². The van der Waals surface area contributed by atoms with Crippen molar-refractivity contribution in [3.63, 3.8) is 0 Å². The second-order valence-electron chi connectivity index (χ2n) is 6.60. The summed E-state index contributed by atoms with van der Waals surface area (Å²) in [7, 11) is -3.84. The first-order chi connectivity index (χ1) is 11.4. The standard InChI is InChI=1S/C15H16F5NO3S/c1-10-2-4-12(5-3-10)25(22,23)21-8-13(6-11(21)7-13)24-9-14(16,17)15(18,19)20/h2-5,11H,6-9H2,1H3. The Labute approximate surface area is 141 Å². The van der Waals surface area contributed by atoms with Crippen molar-refractivity contribution in [3.8, 4) is 0 Å². The van der Waals surface area contributed by atoms with E-state index in [0.717, 1.165) is 9.87 Å². The van der Waals surface area contributed by atoms with Crippen molar-refractivity contribution < 1.29 is 35.1 Å². The maximum absolute atomic E-state index is 13.0. The smallest absolute Gasteiger partial charge is 0.367 e. The Morgan fingerprint density at radius 1 is 1.16 bits per heavy atom. The summed E-state index contributed by atoms with van der Waals surface area (Å²) >= 11 is 0. The number of nitrogens with zero attached hydrogens (tertiary/aromatic N) is 1. The molecule has 2 saturated heterocycles. The molecule has 0 radical (unpaired) electrons. The van der Waals surface area contributed by atoms with E-state index in [0.29, 0.717) is 0 Å². The fraction of sp³-hybridized carbons (Fsp3) is 0.600. The molecule has 3 fully saturated rings. The second-order valence-corrected chi connectivity index (χ2v) is 8.49. The van der Waals surface area contributed by atoms with Gasteiger partial charge in [-0.25, -0.2) is 8.42 Å². The highest BCUT2D eigenvalue weighted by Crippen LogP contribution is 2.50. The molecule has 3 aliphatic rings. The topological polar surface area (TPSA) is 46.6 Å². The molecule has 4 nitrogen and oxygen atoms in total. The number of halogens is 5. The molecule has 2 aliphatic heterocycles. The maximum atomic E-state index is 13.0. The summed E-state index contributed by atoms with van der Waals surface area (Å²) in [4.78, 5) is 0.0569. The molecule has 0 amide bonds. The van der Waals surface area contributed by atoms with Crippen molar-refractivity contribution in [2.24, 2.45) is 0 Å². The van der Waals surface area contributed by atoms with Gasteiger partial charge in [-0.1, -0.05) is 17.7 Å². The van der Waals surface area contributed by atoms with Crippen LogP contribution in [0.15, 0.2) is 29.2 Å². The lowest BCUT2D eigenvalue weighted by Crippen LogP contribution is -2.49. The number of benzene rings is 1. The largest absolute Gasteiger partial charge is 0.455 e. The predicted molar refractivity (Wildman–Crippen MR) is 77.8 cm³/mol. The van der Waals surface area contributed by atoms with Gasteiger partial charge in [-0.05, 0) is 31.9 Å². The molecule has 0 N–H and O–H groups in total. The molecule has 1 aromatic rings. The van der Waals surface area contributed by atoms with Gasteiger partial charge in [0.25, 0.3) is 0 Å². The van der Waals surface area contributed by atoms with E-state index < -0.39 is 40.4 Å². The van der Waals surface area contributed by atoms with E-state index in [2.05, 4.69) is 0 Å². The molecule has 1 saturated carbocycles. The molecule has 2 bridgehead atoms. The Balaban J connectivity index is 1.70. The van der Waals surface area contributed by atoms with E-state index in [9.17, 15) is 30.4 Å². The Morgan fingerprint density at radius 2 is 1.72 bits per heavy atom. The van der Waals surface area contributed by atoms with Crippen molar-refractivity contribution >= 4 is 10.0 Å². The van der Waals surface area contributed by atoms with Gasteiger partial charge in [0.2, 0.25) is 10.0 Å². The highest BCUT2D eigenvalue weighted by Gasteiger charge is 2.63. The zero-order chi connectivity index (χ0) is 18.7. The number of rotatable bonds is 5. The molecule has 4 rings (SSSR count). The van der Waals surface area contributed by atoms with E-state index in [-0.39, 0.29) is 24.3 Å². The van der Waals surface area contributed by atoms with Crippen molar-refractivity contribution in [1.29, 1.82) is 0 Å². The van der Waals surface area contributed by atoms with E-state index in [1.54, 1.807) is 19.1 Å². The first kappa shape index (κ1) is 18.5. The average Bonchev–Trinajstić information content (AvgIpc) is 3.01. The number of aryl methyl sites for hydroxylation is 1. The summed E-state index contributed by atoms with van der Waals surface area (Å²) in [6.45, 7) is -0.226. The summed E-state index contributed by atoms with van der Waals surface area (Å²) in [5.74, 6) is -4.96. The zero-order valence-corrected chi connectivity index (χ0v) is 14.0. The van der Waals surface area contributed by atoms with Crippen molar-refractivity contribution in [2.75, 3.05) is 13.2 Å². The van der Waals surface area contributed by atoms with Crippen LogP contribution >= 0.6 is 0 Å². The molecular formula is C15H16F5NO3S. The first-order valence-corrected chi connectivity index (χ1v) is 8.97. The first-order valence-electron chi connectivity index (χ1n) is 7.53. The van der Waals surface area contributed by atoms with E-state index >= 15 is 0 Å². The van der Waals surface area contributed by atoms with Gasteiger partial charge >= 0.3 is 12.1 Å². The normalized spacial score (nSPS) is 27.4. The van der Waals surface area contributed by atoms with Crippen LogP contribution in [-0.4, -0.2) is 49.6 Å². The summed E-state index contributed by atoms with van der Waals surface area (Å²) < 4.78 is 94.0. The molecule has 2 heterocycles. The number of ether oxygens (including phenoxy) is 1. The third kappa shape index (κ3) is 3.15. The number of sulfonamides is 1. The molecule has 0 atom stereocenters. The van der Waals surface area contributed by atoms with Gasteiger partial charge < -0.3 is 4.74 Å². The Morgan fingerprint density at radius 3 is 2.24 bits per heavy atom. The van der Waals surface area contributed by atoms with Gasteiger partial charge in [-0.2, -0.15) is 26.3 Å². The van der Waals surface area contributed by atoms with Crippen LogP contribution in [0, 0.1) is 6.92 Å². The van der Waals surface area contributed by atoms with Crippen LogP contribution in [0.1, 0.15) is 18.4 Å². The third-order valence-electron chi connectivity index (χ3n) is 4.67. The van der Waals surface area contributed by atoms with E-state index in [4.69, 9.17) is 4.74 Å². The van der Waals surface area contributed by atoms with Crippen LogP contribution in [0.2, 0.25) is 0 Å². The van der Waals surface area contributed by atoms with E-state index in [1.807, 2.05) is 0 Å². The molecule has 0 aromatic heterocycles. The van der Waals surface area contributed by atoms with E-state index in [1.165, 1.54) is 12.1 Å².